The number of nitrogens with one attached hydrogen (secondary N) is 2. The molecule has 0 aromatic heterocycles. The number of hydrogen-bond acceptors (Lipinski definition) is 3. The van der Waals surface area contributed by atoms with Gasteiger partial charge in [0.2, 0.25) is 10.0 Å². The molecule has 0 radical (unpaired) electrons. The van der Waals surface area contributed by atoms with Crippen molar-refractivity contribution in [1.29, 1.82) is 0 Å². The van der Waals surface area contributed by atoms with Crippen molar-refractivity contribution in [1.82, 2.24) is 10.0 Å². The van der Waals surface area contributed by atoms with Crippen molar-refractivity contribution in [2.45, 2.75) is 23.8 Å². The van der Waals surface area contributed by atoms with Gasteiger partial charge in [-0.3, -0.25) is 0 Å². The lowest BCUT2D eigenvalue weighted by Crippen LogP contribution is -2.32. The van der Waals surface area contributed by atoms with Gasteiger partial charge in [0.05, 0.1) is 4.90 Å². The van der Waals surface area contributed by atoms with Crippen LogP contribution in [0.15, 0.2) is 47.4 Å². The molecule has 20 heavy (non-hydrogen) atoms. The topological polar surface area (TPSA) is 58.2 Å². The molecule has 0 aliphatic heterocycles. The van der Waals surface area contributed by atoms with E-state index in [1.165, 1.54) is 12.8 Å². The van der Waals surface area contributed by atoms with Gasteiger partial charge in [-0.2, -0.15) is 0 Å². The van der Waals surface area contributed by atoms with E-state index in [0.29, 0.717) is 24.0 Å². The summed E-state index contributed by atoms with van der Waals surface area (Å²) in [6.45, 7) is 1.09. The monoisotopic (exact) mass is 290 g/mol. The third-order valence-corrected chi connectivity index (χ3v) is 4.99. The molecule has 0 saturated heterocycles. The highest BCUT2D eigenvalue weighted by atomic mass is 32.2. The van der Waals surface area contributed by atoms with Gasteiger partial charge in [0.25, 0.3) is 0 Å². The van der Waals surface area contributed by atoms with E-state index in [4.69, 9.17) is 0 Å². The Morgan fingerprint density at radius 2 is 1.75 bits per heavy atom. The second-order valence-electron chi connectivity index (χ2n) is 5.10. The minimum Gasteiger partial charge on any atom is -0.313 e. The Bertz CT molecular complexity index is 703. The van der Waals surface area contributed by atoms with Gasteiger partial charge >= 0.3 is 0 Å². The molecule has 2 aromatic carbocycles. The molecular formula is C15H18N2O2S. The van der Waals surface area contributed by atoms with Crippen LogP contribution in [0.25, 0.3) is 10.8 Å². The predicted octanol–water partition coefficient (Wildman–Crippen LogP) is 1.87. The van der Waals surface area contributed by atoms with Crippen molar-refractivity contribution in [3.63, 3.8) is 0 Å². The minimum absolute atomic E-state index is 0.349. The molecule has 4 nitrogen and oxygen atoms in total. The van der Waals surface area contributed by atoms with Crippen LogP contribution in [0.2, 0.25) is 0 Å². The number of benzene rings is 2. The van der Waals surface area contributed by atoms with E-state index in [1.807, 2.05) is 30.3 Å². The van der Waals surface area contributed by atoms with Gasteiger partial charge in [0, 0.05) is 24.5 Å². The molecule has 0 atom stereocenters. The quantitative estimate of drug-likeness (QED) is 0.799. The fraction of sp³-hybridized carbons (Fsp3) is 0.333. The summed E-state index contributed by atoms with van der Waals surface area (Å²) >= 11 is 0. The van der Waals surface area contributed by atoms with Crippen LogP contribution in [0, 0.1) is 0 Å². The number of sulfonamides is 1. The fourth-order valence-corrected chi connectivity index (χ4v) is 3.52. The lowest BCUT2D eigenvalue weighted by Gasteiger charge is -2.10. The van der Waals surface area contributed by atoms with E-state index in [1.54, 1.807) is 12.1 Å². The number of hydrogen-bond donors (Lipinski definition) is 2. The highest BCUT2D eigenvalue weighted by Crippen LogP contribution is 2.22. The number of rotatable bonds is 6. The maximum atomic E-state index is 12.4. The highest BCUT2D eigenvalue weighted by molar-refractivity contribution is 7.89. The molecule has 0 bridgehead atoms. The summed E-state index contributed by atoms with van der Waals surface area (Å²) in [5.74, 6) is 0. The molecule has 0 amide bonds. The SMILES string of the molecule is O=S(=O)(NCCNC1CC1)c1cccc2ccccc12. The van der Waals surface area contributed by atoms with Gasteiger partial charge in [-0.15, -0.1) is 0 Å². The highest BCUT2D eigenvalue weighted by Gasteiger charge is 2.20. The Morgan fingerprint density at radius 3 is 2.55 bits per heavy atom. The molecular weight excluding hydrogens is 272 g/mol. The third kappa shape index (κ3) is 3.00. The maximum absolute atomic E-state index is 12.4. The first-order valence-corrected chi connectivity index (χ1v) is 8.36. The maximum Gasteiger partial charge on any atom is 0.241 e. The molecule has 3 rings (SSSR count). The molecule has 0 heterocycles. The van der Waals surface area contributed by atoms with Gasteiger partial charge in [-0.1, -0.05) is 36.4 Å². The van der Waals surface area contributed by atoms with E-state index in [-0.39, 0.29) is 0 Å². The first-order valence-electron chi connectivity index (χ1n) is 6.88. The van der Waals surface area contributed by atoms with Gasteiger partial charge in [-0.05, 0) is 24.3 Å². The predicted molar refractivity (Wildman–Crippen MR) is 80.2 cm³/mol. The molecule has 2 N–H and O–H groups in total. The second kappa shape index (κ2) is 5.52. The molecule has 2 aromatic rings. The fourth-order valence-electron chi connectivity index (χ4n) is 2.26. The van der Waals surface area contributed by atoms with Gasteiger partial charge in [-0.25, -0.2) is 13.1 Å². The van der Waals surface area contributed by atoms with Crippen LogP contribution in [0.3, 0.4) is 0 Å². The van der Waals surface area contributed by atoms with E-state index in [9.17, 15) is 8.42 Å². The molecule has 0 unspecified atom stereocenters. The van der Waals surface area contributed by atoms with Crippen molar-refractivity contribution in [2.75, 3.05) is 13.1 Å². The van der Waals surface area contributed by atoms with Crippen LogP contribution in [0.5, 0.6) is 0 Å². The Hall–Kier alpha value is -1.43. The first-order chi connectivity index (χ1) is 9.67. The summed E-state index contributed by atoms with van der Waals surface area (Å²) in [7, 11) is -3.45. The standard InChI is InChI=1S/C15H18N2O2S/c18-20(19,17-11-10-16-13-8-9-13)15-7-3-5-12-4-1-2-6-14(12)15/h1-7,13,16-17H,8-11H2. The summed E-state index contributed by atoms with van der Waals surface area (Å²) in [6.07, 6.45) is 2.41. The molecule has 1 aliphatic rings. The van der Waals surface area contributed by atoms with Crippen LogP contribution < -0.4 is 10.0 Å². The molecule has 1 fully saturated rings. The van der Waals surface area contributed by atoms with Gasteiger partial charge in [0.15, 0.2) is 0 Å². The van der Waals surface area contributed by atoms with Crippen molar-refractivity contribution in [2.24, 2.45) is 0 Å². The average molecular weight is 290 g/mol. The third-order valence-electron chi connectivity index (χ3n) is 3.47. The zero-order valence-corrected chi connectivity index (χ0v) is 12.0. The average Bonchev–Trinajstić information content (AvgIpc) is 3.27. The van der Waals surface area contributed by atoms with E-state index < -0.39 is 10.0 Å². The lowest BCUT2D eigenvalue weighted by atomic mass is 10.1. The van der Waals surface area contributed by atoms with Crippen LogP contribution in [0.1, 0.15) is 12.8 Å². The van der Waals surface area contributed by atoms with Crippen molar-refractivity contribution in [3.8, 4) is 0 Å². The summed E-state index contributed by atoms with van der Waals surface area (Å²) < 4.78 is 27.4. The van der Waals surface area contributed by atoms with E-state index in [0.717, 1.165) is 10.8 Å². The smallest absolute Gasteiger partial charge is 0.241 e. The van der Waals surface area contributed by atoms with Crippen molar-refractivity contribution >= 4 is 20.8 Å². The van der Waals surface area contributed by atoms with Crippen LogP contribution in [-0.4, -0.2) is 27.5 Å². The Kier molecular flexibility index (Phi) is 3.74. The molecule has 0 spiro atoms. The van der Waals surface area contributed by atoms with Gasteiger partial charge < -0.3 is 5.32 Å². The van der Waals surface area contributed by atoms with Crippen LogP contribution >= 0.6 is 0 Å². The largest absolute Gasteiger partial charge is 0.313 e. The lowest BCUT2D eigenvalue weighted by molar-refractivity contribution is 0.576. The van der Waals surface area contributed by atoms with Crippen LogP contribution in [-0.2, 0) is 10.0 Å². The van der Waals surface area contributed by atoms with E-state index >= 15 is 0 Å². The molecule has 1 saturated carbocycles. The summed E-state index contributed by atoms with van der Waals surface area (Å²) in [6, 6.07) is 13.5. The summed E-state index contributed by atoms with van der Waals surface area (Å²) in [5.41, 5.74) is 0. The molecule has 1 aliphatic carbocycles. The van der Waals surface area contributed by atoms with Crippen LogP contribution in [0.4, 0.5) is 0 Å². The molecule has 106 valence electrons. The Morgan fingerprint density at radius 1 is 1.00 bits per heavy atom. The second-order valence-corrected chi connectivity index (χ2v) is 6.84. The normalized spacial score (nSPS) is 15.6. The summed E-state index contributed by atoms with van der Waals surface area (Å²) in [4.78, 5) is 0.349. The van der Waals surface area contributed by atoms with Crippen molar-refractivity contribution < 1.29 is 8.42 Å². The number of fused-ring (bicyclic) bond motifs is 1. The first kappa shape index (κ1) is 13.5. The van der Waals surface area contributed by atoms with E-state index in [2.05, 4.69) is 10.0 Å². The zero-order chi connectivity index (χ0) is 14.0. The zero-order valence-electron chi connectivity index (χ0n) is 11.2. The van der Waals surface area contributed by atoms with Gasteiger partial charge in [0.1, 0.15) is 0 Å². The Labute approximate surface area is 119 Å². The minimum atomic E-state index is -3.45. The van der Waals surface area contributed by atoms with Crippen molar-refractivity contribution in [3.05, 3.63) is 42.5 Å². The summed E-state index contributed by atoms with van der Waals surface area (Å²) in [5, 5.41) is 4.99. The molecule has 5 heteroatoms. The Balaban J connectivity index is 1.77.